The third kappa shape index (κ3) is 5.80. The molecule has 1 saturated heterocycles. The molecule has 2 rings (SSSR count). The molecule has 1 saturated carbocycles. The van der Waals surface area contributed by atoms with Gasteiger partial charge in [-0.25, -0.2) is 0 Å². The molecule has 0 aromatic heterocycles. The van der Waals surface area contributed by atoms with Gasteiger partial charge in [-0.15, -0.1) is 0 Å². The van der Waals surface area contributed by atoms with E-state index in [1.165, 1.54) is 58.5 Å². The van der Waals surface area contributed by atoms with Gasteiger partial charge >= 0.3 is 0 Å². The summed E-state index contributed by atoms with van der Waals surface area (Å²) in [4.78, 5) is 5.33. The monoisotopic (exact) mass is 267 g/mol. The molecule has 0 radical (unpaired) electrons. The molecule has 0 aromatic rings. The molecule has 3 heteroatoms. The predicted molar refractivity (Wildman–Crippen MR) is 82.5 cm³/mol. The zero-order valence-electron chi connectivity index (χ0n) is 13.2. The van der Waals surface area contributed by atoms with Gasteiger partial charge < -0.3 is 10.2 Å². The van der Waals surface area contributed by atoms with Crippen molar-refractivity contribution in [3.63, 3.8) is 0 Å². The van der Waals surface area contributed by atoms with Gasteiger partial charge in [-0.2, -0.15) is 0 Å². The molecule has 1 atom stereocenters. The summed E-state index contributed by atoms with van der Waals surface area (Å²) in [6, 6.07) is 0.690. The van der Waals surface area contributed by atoms with Gasteiger partial charge in [0.25, 0.3) is 0 Å². The minimum atomic E-state index is 0.690. The lowest BCUT2D eigenvalue weighted by Gasteiger charge is -2.38. The summed E-state index contributed by atoms with van der Waals surface area (Å²) >= 11 is 0. The molecule has 0 amide bonds. The Bertz CT molecular complexity index is 242. The molecule has 1 unspecified atom stereocenters. The molecule has 3 nitrogen and oxygen atoms in total. The minimum absolute atomic E-state index is 0.690. The van der Waals surface area contributed by atoms with E-state index in [9.17, 15) is 0 Å². The third-order valence-electron chi connectivity index (χ3n) is 4.58. The Hall–Kier alpha value is -0.120. The van der Waals surface area contributed by atoms with Gasteiger partial charge in [-0.1, -0.05) is 13.8 Å². The van der Waals surface area contributed by atoms with Gasteiger partial charge in [0, 0.05) is 45.3 Å². The first kappa shape index (κ1) is 15.3. The maximum absolute atomic E-state index is 3.61. The Morgan fingerprint density at radius 1 is 1.05 bits per heavy atom. The molecule has 1 aliphatic heterocycles. The van der Waals surface area contributed by atoms with E-state index in [0.29, 0.717) is 6.04 Å². The van der Waals surface area contributed by atoms with Crippen LogP contribution in [0, 0.1) is 11.8 Å². The highest BCUT2D eigenvalue weighted by Gasteiger charge is 2.27. The molecule has 0 spiro atoms. The van der Waals surface area contributed by atoms with Crippen molar-refractivity contribution in [3.8, 4) is 0 Å². The van der Waals surface area contributed by atoms with Crippen molar-refractivity contribution in [2.75, 3.05) is 45.8 Å². The van der Waals surface area contributed by atoms with Crippen molar-refractivity contribution < 1.29 is 0 Å². The molecule has 112 valence electrons. The molecule has 19 heavy (non-hydrogen) atoms. The van der Waals surface area contributed by atoms with Crippen LogP contribution in [0.2, 0.25) is 0 Å². The van der Waals surface area contributed by atoms with E-state index >= 15 is 0 Å². The Morgan fingerprint density at radius 3 is 2.32 bits per heavy atom. The Kier molecular flexibility index (Phi) is 6.11. The zero-order chi connectivity index (χ0) is 13.7. The second-order valence-corrected chi connectivity index (χ2v) is 7.02. The van der Waals surface area contributed by atoms with E-state index in [2.05, 4.69) is 35.9 Å². The van der Waals surface area contributed by atoms with Crippen LogP contribution in [0.4, 0.5) is 0 Å². The standard InChI is InChI=1S/C16H33N3/c1-14(2)6-7-17-12-15(3)19-10-8-18(9-11-19)13-16-4-5-16/h14-17H,4-13H2,1-3H3. The summed E-state index contributed by atoms with van der Waals surface area (Å²) in [5, 5.41) is 3.61. The van der Waals surface area contributed by atoms with Crippen LogP contribution in [0.15, 0.2) is 0 Å². The number of nitrogens with one attached hydrogen (secondary N) is 1. The van der Waals surface area contributed by atoms with Gasteiger partial charge in [-0.3, -0.25) is 4.90 Å². The molecule has 2 fully saturated rings. The molecule has 1 aliphatic carbocycles. The molecule has 2 aliphatic rings. The minimum Gasteiger partial charge on any atom is -0.315 e. The van der Waals surface area contributed by atoms with Gasteiger partial charge in [0.15, 0.2) is 0 Å². The average molecular weight is 267 g/mol. The molecule has 0 bridgehead atoms. The summed E-state index contributed by atoms with van der Waals surface area (Å²) in [5.74, 6) is 1.86. The van der Waals surface area contributed by atoms with Crippen LogP contribution < -0.4 is 5.32 Å². The normalized spacial score (nSPS) is 24.0. The lowest BCUT2D eigenvalue weighted by Crippen LogP contribution is -2.52. The summed E-state index contributed by atoms with van der Waals surface area (Å²) in [5.41, 5.74) is 0. The lowest BCUT2D eigenvalue weighted by atomic mass is 10.1. The van der Waals surface area contributed by atoms with E-state index in [4.69, 9.17) is 0 Å². The van der Waals surface area contributed by atoms with E-state index in [1.54, 1.807) is 0 Å². The number of nitrogens with zero attached hydrogens (tertiary/aromatic N) is 2. The van der Waals surface area contributed by atoms with Crippen LogP contribution in [-0.2, 0) is 0 Å². The number of rotatable bonds is 8. The number of piperazine rings is 1. The fraction of sp³-hybridized carbons (Fsp3) is 1.00. The first-order valence-electron chi connectivity index (χ1n) is 8.32. The summed E-state index contributed by atoms with van der Waals surface area (Å²) < 4.78 is 0. The molecule has 1 N–H and O–H groups in total. The number of hydrogen-bond acceptors (Lipinski definition) is 3. The maximum Gasteiger partial charge on any atom is 0.0193 e. The van der Waals surface area contributed by atoms with Gasteiger partial charge in [-0.05, 0) is 44.6 Å². The van der Waals surface area contributed by atoms with Gasteiger partial charge in [0.05, 0.1) is 0 Å². The van der Waals surface area contributed by atoms with E-state index in [-0.39, 0.29) is 0 Å². The van der Waals surface area contributed by atoms with Crippen LogP contribution in [0.5, 0.6) is 0 Å². The van der Waals surface area contributed by atoms with Crippen LogP contribution >= 0.6 is 0 Å². The molecule has 0 aromatic carbocycles. The van der Waals surface area contributed by atoms with E-state index in [0.717, 1.165) is 18.4 Å². The molecular weight excluding hydrogens is 234 g/mol. The highest BCUT2D eigenvalue weighted by atomic mass is 15.3. The Balaban J connectivity index is 1.54. The predicted octanol–water partition coefficient (Wildman–Crippen LogP) is 2.04. The van der Waals surface area contributed by atoms with Crippen molar-refractivity contribution in [2.45, 2.75) is 46.1 Å². The summed E-state index contributed by atoms with van der Waals surface area (Å²) in [6.07, 6.45) is 4.26. The topological polar surface area (TPSA) is 18.5 Å². The SMILES string of the molecule is CC(C)CCNCC(C)N1CCN(CC2CC2)CC1. The van der Waals surface area contributed by atoms with Crippen molar-refractivity contribution >= 4 is 0 Å². The lowest BCUT2D eigenvalue weighted by molar-refractivity contribution is 0.0986. The largest absolute Gasteiger partial charge is 0.315 e. The zero-order valence-corrected chi connectivity index (χ0v) is 13.2. The van der Waals surface area contributed by atoms with Crippen LogP contribution in [0.1, 0.15) is 40.0 Å². The second-order valence-electron chi connectivity index (χ2n) is 7.02. The Labute approximate surface area is 119 Å². The van der Waals surface area contributed by atoms with E-state index in [1.807, 2.05) is 0 Å². The van der Waals surface area contributed by atoms with Gasteiger partial charge in [0.2, 0.25) is 0 Å². The maximum atomic E-state index is 3.61. The van der Waals surface area contributed by atoms with Crippen LogP contribution in [0.25, 0.3) is 0 Å². The third-order valence-corrected chi connectivity index (χ3v) is 4.58. The smallest absolute Gasteiger partial charge is 0.0193 e. The first-order chi connectivity index (χ1) is 9.15. The van der Waals surface area contributed by atoms with Crippen LogP contribution in [-0.4, -0.2) is 61.7 Å². The fourth-order valence-electron chi connectivity index (χ4n) is 2.88. The average Bonchev–Trinajstić information content (AvgIpc) is 3.19. The van der Waals surface area contributed by atoms with Crippen molar-refractivity contribution in [1.82, 2.24) is 15.1 Å². The second kappa shape index (κ2) is 7.61. The quantitative estimate of drug-likeness (QED) is 0.679. The van der Waals surface area contributed by atoms with Crippen molar-refractivity contribution in [3.05, 3.63) is 0 Å². The highest BCUT2D eigenvalue weighted by molar-refractivity contribution is 4.82. The van der Waals surface area contributed by atoms with Crippen LogP contribution in [0.3, 0.4) is 0 Å². The van der Waals surface area contributed by atoms with Crippen molar-refractivity contribution in [1.29, 1.82) is 0 Å². The first-order valence-corrected chi connectivity index (χ1v) is 8.32. The molecular formula is C16H33N3. The molecule has 1 heterocycles. The Morgan fingerprint density at radius 2 is 1.74 bits per heavy atom. The summed E-state index contributed by atoms with van der Waals surface area (Å²) in [7, 11) is 0. The number of hydrogen-bond donors (Lipinski definition) is 1. The fourth-order valence-corrected chi connectivity index (χ4v) is 2.88. The highest BCUT2D eigenvalue weighted by Crippen LogP contribution is 2.29. The summed E-state index contributed by atoms with van der Waals surface area (Å²) in [6.45, 7) is 15.8. The van der Waals surface area contributed by atoms with Gasteiger partial charge in [0.1, 0.15) is 0 Å². The van der Waals surface area contributed by atoms with E-state index < -0.39 is 0 Å². The van der Waals surface area contributed by atoms with Crippen molar-refractivity contribution in [2.24, 2.45) is 11.8 Å².